The lowest BCUT2D eigenvalue weighted by atomic mass is 10.1. The minimum absolute atomic E-state index is 0.0123. The lowest BCUT2D eigenvalue weighted by Crippen LogP contribution is -2.19. The van der Waals surface area contributed by atoms with Crippen molar-refractivity contribution in [1.82, 2.24) is 4.98 Å². The molecule has 1 atom stereocenters. The summed E-state index contributed by atoms with van der Waals surface area (Å²) in [7, 11) is 0. The number of amides is 2. The SMILES string of the molecule is CCCCC(=O)Nc1ccc(SC(C(=O)Nc2nc(-c3cccc([N+](=O)[O-])c3)cs2)c2ccccc2)cc1. The molecule has 4 aromatic rings. The molecule has 2 N–H and O–H groups in total. The number of benzene rings is 3. The van der Waals surface area contributed by atoms with E-state index >= 15 is 0 Å². The first-order chi connectivity index (χ1) is 18.4. The zero-order valence-electron chi connectivity index (χ0n) is 20.6. The molecule has 0 aliphatic heterocycles. The first kappa shape index (κ1) is 27.0. The maximum absolute atomic E-state index is 13.4. The minimum Gasteiger partial charge on any atom is -0.326 e. The number of anilines is 2. The number of aromatic nitrogens is 1. The maximum Gasteiger partial charge on any atom is 0.270 e. The van der Waals surface area contributed by atoms with Crippen molar-refractivity contribution < 1.29 is 14.5 Å². The van der Waals surface area contributed by atoms with Gasteiger partial charge in [0.1, 0.15) is 5.25 Å². The van der Waals surface area contributed by atoms with Gasteiger partial charge >= 0.3 is 0 Å². The third-order valence-corrected chi connectivity index (χ3v) is 7.60. The van der Waals surface area contributed by atoms with Gasteiger partial charge in [-0.3, -0.25) is 19.7 Å². The molecule has 0 fully saturated rings. The molecule has 0 aliphatic carbocycles. The fourth-order valence-electron chi connectivity index (χ4n) is 3.63. The van der Waals surface area contributed by atoms with Crippen molar-refractivity contribution in [2.24, 2.45) is 0 Å². The van der Waals surface area contributed by atoms with Crippen molar-refractivity contribution in [1.29, 1.82) is 0 Å². The Hall–Kier alpha value is -4.02. The van der Waals surface area contributed by atoms with Gasteiger partial charge in [-0.05, 0) is 36.2 Å². The second-order valence-corrected chi connectivity index (χ2v) is 10.5. The van der Waals surface area contributed by atoms with E-state index in [9.17, 15) is 19.7 Å². The highest BCUT2D eigenvalue weighted by molar-refractivity contribution is 8.00. The number of non-ortho nitro benzene ring substituents is 1. The number of rotatable bonds is 11. The fourth-order valence-corrected chi connectivity index (χ4v) is 5.38. The second-order valence-electron chi connectivity index (χ2n) is 8.42. The van der Waals surface area contributed by atoms with Crippen LogP contribution in [0.4, 0.5) is 16.5 Å². The largest absolute Gasteiger partial charge is 0.326 e. The molecule has 10 heteroatoms. The summed E-state index contributed by atoms with van der Waals surface area (Å²) in [4.78, 5) is 41.4. The standard InChI is InChI=1S/C28H26N4O4S2/c1-2-3-12-25(33)29-21-13-15-23(16-14-21)38-26(19-8-5-4-6-9-19)27(34)31-28-30-24(18-37-28)20-10-7-11-22(17-20)32(35)36/h4-11,13-18,26H,2-3,12H2,1H3,(H,29,33)(H,30,31,34). The number of nitrogens with one attached hydrogen (secondary N) is 2. The summed E-state index contributed by atoms with van der Waals surface area (Å²) in [5.74, 6) is -0.250. The van der Waals surface area contributed by atoms with Crippen LogP contribution in [0.15, 0.2) is 89.1 Å². The Bertz CT molecular complexity index is 1410. The summed E-state index contributed by atoms with van der Waals surface area (Å²) in [5.41, 5.74) is 2.68. The number of nitro benzene ring substituents is 1. The van der Waals surface area contributed by atoms with Crippen molar-refractivity contribution in [2.75, 3.05) is 10.6 Å². The van der Waals surface area contributed by atoms with E-state index in [4.69, 9.17) is 0 Å². The van der Waals surface area contributed by atoms with Gasteiger partial charge in [0.2, 0.25) is 11.8 Å². The lowest BCUT2D eigenvalue weighted by Gasteiger charge is -2.16. The van der Waals surface area contributed by atoms with E-state index in [2.05, 4.69) is 15.6 Å². The van der Waals surface area contributed by atoms with Crippen LogP contribution in [0.2, 0.25) is 0 Å². The maximum atomic E-state index is 13.4. The van der Waals surface area contributed by atoms with E-state index in [1.165, 1.54) is 35.2 Å². The van der Waals surface area contributed by atoms with Gasteiger partial charge in [0, 0.05) is 40.1 Å². The average Bonchev–Trinajstić information content (AvgIpc) is 3.40. The van der Waals surface area contributed by atoms with Gasteiger partial charge in [0.05, 0.1) is 10.6 Å². The van der Waals surface area contributed by atoms with E-state index in [1.54, 1.807) is 17.5 Å². The Balaban J connectivity index is 1.48. The Morgan fingerprint density at radius 3 is 2.50 bits per heavy atom. The smallest absolute Gasteiger partial charge is 0.270 e. The number of nitrogens with zero attached hydrogens (tertiary/aromatic N) is 2. The van der Waals surface area contributed by atoms with Crippen LogP contribution in [0.1, 0.15) is 37.0 Å². The number of carbonyl (C=O) groups is 2. The van der Waals surface area contributed by atoms with E-state index < -0.39 is 10.2 Å². The van der Waals surface area contributed by atoms with Gasteiger partial charge in [-0.15, -0.1) is 23.1 Å². The van der Waals surface area contributed by atoms with Crippen molar-refractivity contribution in [3.63, 3.8) is 0 Å². The van der Waals surface area contributed by atoms with Crippen LogP contribution in [0.5, 0.6) is 0 Å². The van der Waals surface area contributed by atoms with E-state index in [1.807, 2.05) is 61.5 Å². The molecule has 0 bridgehead atoms. The second kappa shape index (κ2) is 13.0. The highest BCUT2D eigenvalue weighted by atomic mass is 32.2. The molecule has 0 aliphatic rings. The topological polar surface area (TPSA) is 114 Å². The summed E-state index contributed by atoms with van der Waals surface area (Å²) in [5, 5.41) is 18.5. The Labute approximate surface area is 228 Å². The van der Waals surface area contributed by atoms with Crippen LogP contribution in [-0.2, 0) is 9.59 Å². The van der Waals surface area contributed by atoms with Gasteiger partial charge in [0.25, 0.3) is 5.69 Å². The molecule has 4 rings (SSSR count). The number of unbranched alkanes of at least 4 members (excludes halogenated alkanes) is 1. The number of hydrogen-bond donors (Lipinski definition) is 2. The highest BCUT2D eigenvalue weighted by Gasteiger charge is 2.23. The lowest BCUT2D eigenvalue weighted by molar-refractivity contribution is -0.384. The zero-order chi connectivity index (χ0) is 26.9. The summed E-state index contributed by atoms with van der Waals surface area (Å²) < 4.78 is 0. The quantitative estimate of drug-likeness (QED) is 0.116. The van der Waals surface area contributed by atoms with Crippen molar-refractivity contribution >= 4 is 51.4 Å². The van der Waals surface area contributed by atoms with E-state index in [-0.39, 0.29) is 17.5 Å². The molecule has 8 nitrogen and oxygen atoms in total. The summed E-state index contributed by atoms with van der Waals surface area (Å²) in [6.07, 6.45) is 2.30. The van der Waals surface area contributed by atoms with Crippen LogP contribution in [0.3, 0.4) is 0 Å². The third-order valence-electron chi connectivity index (χ3n) is 5.58. The highest BCUT2D eigenvalue weighted by Crippen LogP contribution is 2.37. The van der Waals surface area contributed by atoms with Gasteiger partial charge < -0.3 is 10.6 Å². The van der Waals surface area contributed by atoms with Gasteiger partial charge in [-0.1, -0.05) is 55.8 Å². The van der Waals surface area contributed by atoms with Crippen molar-refractivity contribution in [2.45, 2.75) is 36.3 Å². The Morgan fingerprint density at radius 2 is 1.79 bits per heavy atom. The van der Waals surface area contributed by atoms with E-state index in [0.29, 0.717) is 28.5 Å². The molecule has 1 aromatic heterocycles. The normalized spacial score (nSPS) is 11.5. The first-order valence-electron chi connectivity index (χ1n) is 12.1. The Morgan fingerprint density at radius 1 is 1.03 bits per heavy atom. The summed E-state index contributed by atoms with van der Waals surface area (Å²) in [6.45, 7) is 2.04. The molecule has 0 saturated heterocycles. The number of carbonyl (C=O) groups excluding carboxylic acids is 2. The van der Waals surface area contributed by atoms with Crippen LogP contribution in [0.25, 0.3) is 11.3 Å². The molecule has 38 heavy (non-hydrogen) atoms. The molecule has 0 saturated carbocycles. The van der Waals surface area contributed by atoms with Crippen LogP contribution in [0, 0.1) is 10.1 Å². The van der Waals surface area contributed by atoms with E-state index in [0.717, 1.165) is 23.3 Å². The average molecular weight is 547 g/mol. The third kappa shape index (κ3) is 7.27. The molecule has 0 spiro atoms. The first-order valence-corrected chi connectivity index (χ1v) is 13.8. The van der Waals surface area contributed by atoms with Gasteiger partial charge in [-0.25, -0.2) is 4.98 Å². The summed E-state index contributed by atoms with van der Waals surface area (Å²) in [6, 6.07) is 23.1. The Kier molecular flexibility index (Phi) is 9.23. The molecule has 3 aromatic carbocycles. The van der Waals surface area contributed by atoms with Crippen molar-refractivity contribution in [3.8, 4) is 11.3 Å². The molecule has 0 radical (unpaired) electrons. The van der Waals surface area contributed by atoms with Gasteiger partial charge in [-0.2, -0.15) is 0 Å². The number of thioether (sulfide) groups is 1. The summed E-state index contributed by atoms with van der Waals surface area (Å²) >= 11 is 2.65. The molecular weight excluding hydrogens is 520 g/mol. The number of thiazole rings is 1. The molecule has 1 unspecified atom stereocenters. The molecule has 1 heterocycles. The van der Waals surface area contributed by atoms with Crippen LogP contribution in [-0.4, -0.2) is 21.7 Å². The van der Waals surface area contributed by atoms with Crippen molar-refractivity contribution in [3.05, 3.63) is 99.9 Å². The van der Waals surface area contributed by atoms with Crippen LogP contribution >= 0.6 is 23.1 Å². The fraction of sp³-hybridized carbons (Fsp3) is 0.179. The number of nitro groups is 1. The molecule has 194 valence electrons. The number of hydrogen-bond acceptors (Lipinski definition) is 7. The predicted octanol–water partition coefficient (Wildman–Crippen LogP) is 7.32. The molecular formula is C28H26N4O4S2. The molecule has 2 amide bonds. The monoisotopic (exact) mass is 546 g/mol. The van der Waals surface area contributed by atoms with Gasteiger partial charge in [0.15, 0.2) is 5.13 Å². The minimum atomic E-state index is -0.550. The zero-order valence-corrected chi connectivity index (χ0v) is 22.3. The van der Waals surface area contributed by atoms with Crippen LogP contribution < -0.4 is 10.6 Å². The predicted molar refractivity (Wildman–Crippen MR) is 152 cm³/mol.